The molecule has 2 rings (SSSR count). The fourth-order valence-electron chi connectivity index (χ4n) is 1.60. The zero-order valence-corrected chi connectivity index (χ0v) is 13.0. The number of anilines is 1. The normalized spacial score (nSPS) is 11.4. The van der Waals surface area contributed by atoms with Crippen molar-refractivity contribution in [1.29, 1.82) is 0 Å². The molecule has 5 nitrogen and oxygen atoms in total. The van der Waals surface area contributed by atoms with Gasteiger partial charge in [-0.2, -0.15) is 0 Å². The predicted octanol–water partition coefficient (Wildman–Crippen LogP) is 3.17. The van der Waals surface area contributed by atoms with Crippen molar-refractivity contribution in [3.63, 3.8) is 0 Å². The zero-order chi connectivity index (χ0) is 14.7. The number of nitrogens with one attached hydrogen (secondary N) is 1. The highest BCUT2D eigenvalue weighted by molar-refractivity contribution is 9.11. The van der Waals surface area contributed by atoms with Gasteiger partial charge >= 0.3 is 0 Å². The molecule has 4 N–H and O–H groups in total. The third kappa shape index (κ3) is 3.17. The molecule has 0 saturated heterocycles. The number of rotatable bonds is 3. The summed E-state index contributed by atoms with van der Waals surface area (Å²) in [6.45, 7) is 1.87. The first kappa shape index (κ1) is 14.5. The average molecular weight is 354 g/mol. The summed E-state index contributed by atoms with van der Waals surface area (Å²) in [6.07, 6.45) is 0. The van der Waals surface area contributed by atoms with Gasteiger partial charge < -0.3 is 16.3 Å². The topological polar surface area (TPSA) is 87.7 Å². The van der Waals surface area contributed by atoms with E-state index in [2.05, 4.69) is 26.4 Å². The maximum atomic E-state index is 12.1. The van der Waals surface area contributed by atoms with E-state index < -0.39 is 0 Å². The molecule has 1 aromatic carbocycles. The number of nitrogens with two attached hydrogens (primary N) is 1. The van der Waals surface area contributed by atoms with E-state index in [9.17, 15) is 4.79 Å². The van der Waals surface area contributed by atoms with Crippen LogP contribution in [0.5, 0.6) is 0 Å². The van der Waals surface area contributed by atoms with E-state index in [1.54, 1.807) is 29.6 Å². The van der Waals surface area contributed by atoms with Crippen molar-refractivity contribution in [2.24, 2.45) is 10.9 Å². The Balaban J connectivity index is 2.26. The van der Waals surface area contributed by atoms with E-state index in [1.807, 2.05) is 6.92 Å². The first-order valence-corrected chi connectivity index (χ1v) is 7.32. The summed E-state index contributed by atoms with van der Waals surface area (Å²) < 4.78 is 0.893. The van der Waals surface area contributed by atoms with Gasteiger partial charge in [0.15, 0.2) is 5.84 Å². The molecule has 0 saturated carbocycles. The molecule has 0 bridgehead atoms. The van der Waals surface area contributed by atoms with E-state index >= 15 is 0 Å². The Hall–Kier alpha value is -1.86. The lowest BCUT2D eigenvalue weighted by Gasteiger charge is -2.09. The number of oxime groups is 1. The van der Waals surface area contributed by atoms with Crippen LogP contribution in [0, 0.1) is 6.92 Å². The predicted molar refractivity (Wildman–Crippen MR) is 83.7 cm³/mol. The molecule has 1 heterocycles. The molecule has 0 aliphatic heterocycles. The van der Waals surface area contributed by atoms with Gasteiger partial charge in [0.05, 0.1) is 9.35 Å². The van der Waals surface area contributed by atoms with Crippen molar-refractivity contribution < 1.29 is 10.0 Å². The van der Waals surface area contributed by atoms with Crippen molar-refractivity contribution in [1.82, 2.24) is 0 Å². The Morgan fingerprint density at radius 1 is 1.40 bits per heavy atom. The zero-order valence-electron chi connectivity index (χ0n) is 10.6. The van der Waals surface area contributed by atoms with E-state index in [1.165, 1.54) is 11.3 Å². The monoisotopic (exact) mass is 353 g/mol. The van der Waals surface area contributed by atoms with Gasteiger partial charge in [-0.1, -0.05) is 17.3 Å². The lowest BCUT2D eigenvalue weighted by molar-refractivity contribution is 0.102. The van der Waals surface area contributed by atoms with Gasteiger partial charge in [-0.15, -0.1) is 11.3 Å². The number of amidine groups is 1. The third-order valence-electron chi connectivity index (χ3n) is 2.72. The van der Waals surface area contributed by atoms with Crippen LogP contribution >= 0.6 is 27.3 Å². The second-order valence-corrected chi connectivity index (χ2v) is 6.40. The molecule has 1 amide bonds. The molecular weight excluding hydrogens is 342 g/mol. The van der Waals surface area contributed by atoms with Crippen LogP contribution in [-0.4, -0.2) is 17.0 Å². The Labute approximate surface area is 128 Å². The summed E-state index contributed by atoms with van der Waals surface area (Å²) in [6, 6.07) is 6.94. The van der Waals surface area contributed by atoms with E-state index in [0.717, 1.165) is 9.35 Å². The number of thiophene rings is 1. The van der Waals surface area contributed by atoms with Gasteiger partial charge in [0.1, 0.15) is 0 Å². The van der Waals surface area contributed by atoms with Crippen LogP contribution < -0.4 is 11.1 Å². The van der Waals surface area contributed by atoms with Crippen molar-refractivity contribution in [2.75, 3.05) is 5.32 Å². The van der Waals surface area contributed by atoms with Crippen molar-refractivity contribution in [3.8, 4) is 0 Å². The summed E-state index contributed by atoms with van der Waals surface area (Å²) in [7, 11) is 0. The molecule has 20 heavy (non-hydrogen) atoms. The summed E-state index contributed by atoms with van der Waals surface area (Å²) in [5.41, 5.74) is 8.18. The maximum Gasteiger partial charge on any atom is 0.256 e. The number of benzene rings is 1. The number of carbonyl (C=O) groups excluding carboxylic acids is 1. The van der Waals surface area contributed by atoms with Crippen molar-refractivity contribution >= 4 is 44.7 Å². The number of hydrogen-bond donors (Lipinski definition) is 3. The third-order valence-corrected chi connectivity index (χ3v) is 4.22. The summed E-state index contributed by atoms with van der Waals surface area (Å²) in [5, 5.41) is 16.2. The van der Waals surface area contributed by atoms with Crippen LogP contribution in [0.4, 0.5) is 5.69 Å². The van der Waals surface area contributed by atoms with E-state index in [-0.39, 0.29) is 11.7 Å². The first-order valence-electron chi connectivity index (χ1n) is 5.65. The molecule has 2 aromatic rings. The minimum Gasteiger partial charge on any atom is -0.409 e. The molecule has 1 aromatic heterocycles. The summed E-state index contributed by atoms with van der Waals surface area (Å²) in [4.78, 5) is 12.1. The molecule has 0 spiro atoms. The Kier molecular flexibility index (Phi) is 4.41. The lowest BCUT2D eigenvalue weighted by atomic mass is 10.1. The second kappa shape index (κ2) is 6.06. The fraction of sp³-hybridized carbons (Fsp3) is 0.0769. The fourth-order valence-corrected chi connectivity index (χ4v) is 2.73. The number of halogens is 1. The molecule has 104 valence electrons. The second-order valence-electron chi connectivity index (χ2n) is 4.11. The molecule has 0 fully saturated rings. The Morgan fingerprint density at radius 2 is 2.15 bits per heavy atom. The maximum absolute atomic E-state index is 12.1. The van der Waals surface area contributed by atoms with Gasteiger partial charge in [0, 0.05) is 16.6 Å². The molecule has 0 aliphatic carbocycles. The SMILES string of the molecule is Cc1ccc(/C(N)=N/O)cc1NC(=O)c1csc(Br)c1. The highest BCUT2D eigenvalue weighted by Crippen LogP contribution is 2.23. The van der Waals surface area contributed by atoms with Crippen molar-refractivity contribution in [3.05, 3.63) is 50.1 Å². The smallest absolute Gasteiger partial charge is 0.256 e. The van der Waals surface area contributed by atoms with Gasteiger partial charge in [-0.25, -0.2) is 0 Å². The van der Waals surface area contributed by atoms with Gasteiger partial charge in [0.25, 0.3) is 5.91 Å². The quantitative estimate of drug-likeness (QED) is 0.342. The number of nitrogens with zero attached hydrogens (tertiary/aromatic N) is 1. The lowest BCUT2D eigenvalue weighted by Crippen LogP contribution is -2.16. The summed E-state index contributed by atoms with van der Waals surface area (Å²) >= 11 is 4.76. The molecule has 0 atom stereocenters. The standard InChI is InChI=1S/C13H12BrN3O2S/c1-7-2-3-8(12(15)17-19)4-10(7)16-13(18)9-5-11(14)20-6-9/h2-6,19H,1H3,(H2,15,17)(H,16,18). The minimum absolute atomic E-state index is 0.00113. The molecule has 0 radical (unpaired) electrons. The van der Waals surface area contributed by atoms with Crippen molar-refractivity contribution in [2.45, 2.75) is 6.92 Å². The Morgan fingerprint density at radius 3 is 2.75 bits per heavy atom. The largest absolute Gasteiger partial charge is 0.409 e. The van der Waals surface area contributed by atoms with Crippen LogP contribution in [0.1, 0.15) is 21.5 Å². The molecule has 0 aliphatic rings. The highest BCUT2D eigenvalue weighted by atomic mass is 79.9. The van der Waals surface area contributed by atoms with E-state index in [0.29, 0.717) is 16.8 Å². The van der Waals surface area contributed by atoms with E-state index in [4.69, 9.17) is 10.9 Å². The number of hydrogen-bond acceptors (Lipinski definition) is 4. The number of aryl methyl sites for hydroxylation is 1. The first-order chi connectivity index (χ1) is 9.51. The molecular formula is C13H12BrN3O2S. The van der Waals surface area contributed by atoms with Gasteiger partial charge in [0.2, 0.25) is 0 Å². The molecule has 7 heteroatoms. The number of carbonyl (C=O) groups is 1. The summed E-state index contributed by atoms with van der Waals surface area (Å²) in [5.74, 6) is -0.203. The minimum atomic E-state index is -0.202. The van der Waals surface area contributed by atoms with Gasteiger partial charge in [-0.3, -0.25) is 4.79 Å². The average Bonchev–Trinajstić information content (AvgIpc) is 2.87. The Bertz CT molecular complexity index is 682. The molecule has 0 unspecified atom stereocenters. The highest BCUT2D eigenvalue weighted by Gasteiger charge is 2.11. The van der Waals surface area contributed by atoms with Crippen LogP contribution in [0.15, 0.2) is 38.6 Å². The van der Waals surface area contributed by atoms with Crippen LogP contribution in [0.3, 0.4) is 0 Å². The van der Waals surface area contributed by atoms with Crippen LogP contribution in [-0.2, 0) is 0 Å². The van der Waals surface area contributed by atoms with Crippen LogP contribution in [0.2, 0.25) is 0 Å². The number of amides is 1. The van der Waals surface area contributed by atoms with Crippen LogP contribution in [0.25, 0.3) is 0 Å². The van der Waals surface area contributed by atoms with Gasteiger partial charge in [-0.05, 0) is 40.5 Å².